The van der Waals surface area contributed by atoms with Crippen molar-refractivity contribution in [3.63, 3.8) is 0 Å². The van der Waals surface area contributed by atoms with Crippen LogP contribution < -0.4 is 5.73 Å². The van der Waals surface area contributed by atoms with Gasteiger partial charge < -0.3 is 5.73 Å². The van der Waals surface area contributed by atoms with Crippen molar-refractivity contribution >= 4 is 0 Å². The molecule has 0 aromatic rings. The van der Waals surface area contributed by atoms with Gasteiger partial charge in [-0.05, 0) is 25.7 Å². The zero-order chi connectivity index (χ0) is 7.82. The Kier molecular flexibility index (Phi) is 6.61. The molecule has 1 nitrogen and oxygen atoms in total. The van der Waals surface area contributed by atoms with Crippen molar-refractivity contribution in [1.82, 2.24) is 0 Å². The van der Waals surface area contributed by atoms with Crippen molar-refractivity contribution < 1.29 is 0 Å². The molecule has 1 atom stereocenters. The molecule has 0 aromatic carbocycles. The van der Waals surface area contributed by atoms with Gasteiger partial charge in [0.2, 0.25) is 0 Å². The maximum Gasteiger partial charge on any atom is 0.00391 e. The molecule has 0 bridgehead atoms. The third kappa shape index (κ3) is 5.83. The van der Waals surface area contributed by atoms with E-state index in [1.807, 2.05) is 0 Å². The quantitative estimate of drug-likeness (QED) is 0.585. The van der Waals surface area contributed by atoms with Crippen LogP contribution in [0.3, 0.4) is 0 Å². The van der Waals surface area contributed by atoms with Crippen molar-refractivity contribution in [1.29, 1.82) is 0 Å². The highest BCUT2D eigenvalue weighted by Crippen LogP contribution is 1.99. The van der Waals surface area contributed by atoms with E-state index in [1.165, 1.54) is 0 Å². The van der Waals surface area contributed by atoms with Crippen LogP contribution >= 0.6 is 0 Å². The molecule has 0 aliphatic heterocycles. The summed E-state index contributed by atoms with van der Waals surface area (Å²) in [7, 11) is 0. The predicted molar refractivity (Wildman–Crippen MR) is 46.9 cm³/mol. The minimum atomic E-state index is 0.404. The Morgan fingerprint density at radius 1 is 1.30 bits per heavy atom. The van der Waals surface area contributed by atoms with Crippen LogP contribution in [0.4, 0.5) is 0 Å². The van der Waals surface area contributed by atoms with Gasteiger partial charge in [-0.15, -0.1) is 0 Å². The summed E-state index contributed by atoms with van der Waals surface area (Å²) in [6, 6.07) is 0.404. The highest BCUT2D eigenvalue weighted by Gasteiger charge is 1.94. The van der Waals surface area contributed by atoms with Crippen LogP contribution in [-0.4, -0.2) is 6.04 Å². The van der Waals surface area contributed by atoms with E-state index < -0.39 is 0 Å². The van der Waals surface area contributed by atoms with Gasteiger partial charge in [-0.25, -0.2) is 0 Å². The highest BCUT2D eigenvalue weighted by atomic mass is 14.6. The van der Waals surface area contributed by atoms with E-state index in [1.54, 1.807) is 0 Å². The predicted octanol–water partition coefficient (Wildman–Crippen LogP) is 2.47. The Morgan fingerprint density at radius 3 is 2.50 bits per heavy atom. The molecule has 0 aliphatic rings. The molecule has 1 unspecified atom stereocenters. The van der Waals surface area contributed by atoms with E-state index >= 15 is 0 Å². The van der Waals surface area contributed by atoms with E-state index in [0.717, 1.165) is 25.7 Å². The molecule has 0 rings (SSSR count). The fourth-order valence-electron chi connectivity index (χ4n) is 0.799. The first-order valence-electron chi connectivity index (χ1n) is 4.21. The Bertz CT molecular complexity index is 86.7. The summed E-state index contributed by atoms with van der Waals surface area (Å²) in [5.74, 6) is 0. The smallest absolute Gasteiger partial charge is 0.00391 e. The lowest BCUT2D eigenvalue weighted by atomic mass is 10.1. The standard InChI is InChI=1S/C9H19N/c1-3-5-6-7-8-9(10)4-2/h5-6,9H,3-4,7-8,10H2,1-2H3. The molecule has 0 saturated heterocycles. The molecule has 60 valence electrons. The molecule has 0 fully saturated rings. The Morgan fingerprint density at radius 2 is 2.00 bits per heavy atom. The first kappa shape index (κ1) is 9.70. The van der Waals surface area contributed by atoms with Gasteiger partial charge in [-0.1, -0.05) is 26.0 Å². The van der Waals surface area contributed by atoms with E-state index in [4.69, 9.17) is 5.73 Å². The van der Waals surface area contributed by atoms with E-state index in [0.29, 0.717) is 6.04 Å². The minimum Gasteiger partial charge on any atom is -0.328 e. The molecule has 0 aliphatic carbocycles. The lowest BCUT2D eigenvalue weighted by Crippen LogP contribution is -2.17. The lowest BCUT2D eigenvalue weighted by Gasteiger charge is -2.04. The molecule has 2 N–H and O–H groups in total. The molecule has 0 amide bonds. The minimum absolute atomic E-state index is 0.404. The maximum atomic E-state index is 5.72. The second kappa shape index (κ2) is 6.81. The fourth-order valence-corrected chi connectivity index (χ4v) is 0.799. The Labute approximate surface area is 64.3 Å². The number of hydrogen-bond donors (Lipinski definition) is 1. The van der Waals surface area contributed by atoms with Crippen molar-refractivity contribution in [2.75, 3.05) is 0 Å². The van der Waals surface area contributed by atoms with Gasteiger partial charge in [0.1, 0.15) is 0 Å². The fraction of sp³-hybridized carbons (Fsp3) is 0.778. The summed E-state index contributed by atoms with van der Waals surface area (Å²) in [5, 5.41) is 0. The zero-order valence-corrected chi connectivity index (χ0v) is 7.14. The molecule has 0 heterocycles. The van der Waals surface area contributed by atoms with Crippen LogP contribution in [0.25, 0.3) is 0 Å². The van der Waals surface area contributed by atoms with Gasteiger partial charge in [0.05, 0.1) is 0 Å². The second-order valence-electron chi connectivity index (χ2n) is 2.63. The van der Waals surface area contributed by atoms with Gasteiger partial charge >= 0.3 is 0 Å². The SMILES string of the molecule is CCC=CCCC(N)CC. The first-order valence-corrected chi connectivity index (χ1v) is 4.21. The number of rotatable bonds is 5. The molecular formula is C9H19N. The van der Waals surface area contributed by atoms with E-state index in [2.05, 4.69) is 26.0 Å². The van der Waals surface area contributed by atoms with E-state index in [9.17, 15) is 0 Å². The van der Waals surface area contributed by atoms with Crippen LogP contribution in [0.1, 0.15) is 39.5 Å². The molecule has 0 aromatic heterocycles. The molecule has 0 radical (unpaired) electrons. The summed E-state index contributed by atoms with van der Waals surface area (Å²) < 4.78 is 0. The normalized spacial score (nSPS) is 14.3. The topological polar surface area (TPSA) is 26.0 Å². The largest absolute Gasteiger partial charge is 0.328 e. The average molecular weight is 141 g/mol. The molecular weight excluding hydrogens is 122 g/mol. The summed E-state index contributed by atoms with van der Waals surface area (Å²) >= 11 is 0. The summed E-state index contributed by atoms with van der Waals surface area (Å²) in [6.45, 7) is 4.28. The molecule has 1 heteroatoms. The zero-order valence-electron chi connectivity index (χ0n) is 7.14. The van der Waals surface area contributed by atoms with E-state index in [-0.39, 0.29) is 0 Å². The molecule has 10 heavy (non-hydrogen) atoms. The van der Waals surface area contributed by atoms with Gasteiger partial charge in [0.15, 0.2) is 0 Å². The monoisotopic (exact) mass is 141 g/mol. The van der Waals surface area contributed by atoms with Crippen LogP contribution in [0.15, 0.2) is 12.2 Å². The van der Waals surface area contributed by atoms with Crippen LogP contribution in [-0.2, 0) is 0 Å². The highest BCUT2D eigenvalue weighted by molar-refractivity contribution is 4.81. The maximum absolute atomic E-state index is 5.72. The average Bonchev–Trinajstić information content (AvgIpc) is 1.98. The summed E-state index contributed by atoms with van der Waals surface area (Å²) in [4.78, 5) is 0. The van der Waals surface area contributed by atoms with Crippen LogP contribution in [0.5, 0.6) is 0 Å². The third-order valence-corrected chi connectivity index (χ3v) is 1.63. The summed E-state index contributed by atoms with van der Waals surface area (Å²) in [6.07, 6.45) is 8.93. The first-order chi connectivity index (χ1) is 4.81. The van der Waals surface area contributed by atoms with Crippen molar-refractivity contribution in [3.8, 4) is 0 Å². The van der Waals surface area contributed by atoms with Gasteiger partial charge in [-0.3, -0.25) is 0 Å². The van der Waals surface area contributed by atoms with Crippen molar-refractivity contribution in [3.05, 3.63) is 12.2 Å². The Hall–Kier alpha value is -0.300. The lowest BCUT2D eigenvalue weighted by molar-refractivity contribution is 0.602. The summed E-state index contributed by atoms with van der Waals surface area (Å²) in [5.41, 5.74) is 5.72. The van der Waals surface area contributed by atoms with Crippen molar-refractivity contribution in [2.24, 2.45) is 5.73 Å². The molecule has 0 spiro atoms. The van der Waals surface area contributed by atoms with Gasteiger partial charge in [0, 0.05) is 6.04 Å². The number of nitrogens with two attached hydrogens (primary N) is 1. The number of allylic oxidation sites excluding steroid dienone is 2. The van der Waals surface area contributed by atoms with Crippen LogP contribution in [0, 0.1) is 0 Å². The van der Waals surface area contributed by atoms with Gasteiger partial charge in [0.25, 0.3) is 0 Å². The Balaban J connectivity index is 3.10. The third-order valence-electron chi connectivity index (χ3n) is 1.63. The number of hydrogen-bond acceptors (Lipinski definition) is 1. The van der Waals surface area contributed by atoms with Crippen LogP contribution in [0.2, 0.25) is 0 Å². The molecule has 0 saturated carbocycles. The second-order valence-corrected chi connectivity index (χ2v) is 2.63. The van der Waals surface area contributed by atoms with Crippen molar-refractivity contribution in [2.45, 2.75) is 45.6 Å². The van der Waals surface area contributed by atoms with Gasteiger partial charge in [-0.2, -0.15) is 0 Å².